The Bertz CT molecular complexity index is 157. The van der Waals surface area contributed by atoms with Crippen LogP contribution in [-0.4, -0.2) is 22.0 Å². The average molecular weight is 195 g/mol. The Morgan fingerprint density at radius 3 is 2.42 bits per heavy atom. The van der Waals surface area contributed by atoms with Gasteiger partial charge >= 0.3 is 7.60 Å². The highest BCUT2D eigenvalue weighted by molar-refractivity contribution is 7.51. The van der Waals surface area contributed by atoms with Crippen LogP contribution < -0.4 is 5.73 Å². The molecule has 0 aliphatic rings. The molecular formula is C7H18NO3P. The zero-order chi connectivity index (χ0) is 9.61. The standard InChI is InChI=1S/C7H18NO3P/c1-2-3-4-7(8)5-6-12(9,10)11/h7H,2-6,8H2,1H3,(H2,9,10,11). The van der Waals surface area contributed by atoms with E-state index in [-0.39, 0.29) is 12.2 Å². The molecule has 4 N–H and O–H groups in total. The van der Waals surface area contributed by atoms with Crippen molar-refractivity contribution in [1.82, 2.24) is 0 Å². The van der Waals surface area contributed by atoms with E-state index < -0.39 is 7.60 Å². The lowest BCUT2D eigenvalue weighted by atomic mass is 10.1. The van der Waals surface area contributed by atoms with Crippen LogP contribution in [0.3, 0.4) is 0 Å². The first-order chi connectivity index (χ1) is 5.45. The van der Waals surface area contributed by atoms with E-state index in [9.17, 15) is 4.57 Å². The van der Waals surface area contributed by atoms with Crippen molar-refractivity contribution in [2.75, 3.05) is 6.16 Å². The Morgan fingerprint density at radius 2 is 2.00 bits per heavy atom. The van der Waals surface area contributed by atoms with Crippen LogP contribution in [0.4, 0.5) is 0 Å². The van der Waals surface area contributed by atoms with Gasteiger partial charge in [-0.25, -0.2) is 0 Å². The molecule has 5 heteroatoms. The number of unbranched alkanes of at least 4 members (excludes halogenated alkanes) is 1. The highest BCUT2D eigenvalue weighted by Crippen LogP contribution is 2.35. The van der Waals surface area contributed by atoms with Crippen molar-refractivity contribution in [3.63, 3.8) is 0 Å². The molecule has 0 fully saturated rings. The molecule has 0 aliphatic heterocycles. The van der Waals surface area contributed by atoms with Crippen LogP contribution in [0, 0.1) is 0 Å². The number of rotatable bonds is 6. The van der Waals surface area contributed by atoms with E-state index in [4.69, 9.17) is 15.5 Å². The largest absolute Gasteiger partial charge is 0.328 e. The van der Waals surface area contributed by atoms with Crippen LogP contribution >= 0.6 is 7.60 Å². The second kappa shape index (κ2) is 5.70. The molecule has 0 spiro atoms. The number of hydrogen-bond acceptors (Lipinski definition) is 2. The van der Waals surface area contributed by atoms with Crippen LogP contribution in [0.2, 0.25) is 0 Å². The van der Waals surface area contributed by atoms with Crippen LogP contribution in [0.5, 0.6) is 0 Å². The summed E-state index contributed by atoms with van der Waals surface area (Å²) >= 11 is 0. The van der Waals surface area contributed by atoms with Crippen LogP contribution in [-0.2, 0) is 4.57 Å². The predicted molar refractivity (Wildman–Crippen MR) is 49.0 cm³/mol. The van der Waals surface area contributed by atoms with Crippen molar-refractivity contribution in [3.05, 3.63) is 0 Å². The van der Waals surface area contributed by atoms with E-state index in [2.05, 4.69) is 6.92 Å². The minimum atomic E-state index is -3.83. The van der Waals surface area contributed by atoms with Gasteiger partial charge in [-0.15, -0.1) is 0 Å². The van der Waals surface area contributed by atoms with Crippen molar-refractivity contribution in [2.24, 2.45) is 5.73 Å². The maximum Gasteiger partial charge on any atom is 0.325 e. The lowest BCUT2D eigenvalue weighted by molar-refractivity contribution is 0.368. The Morgan fingerprint density at radius 1 is 1.42 bits per heavy atom. The van der Waals surface area contributed by atoms with E-state index in [1.165, 1.54) is 0 Å². The van der Waals surface area contributed by atoms with Gasteiger partial charge in [0, 0.05) is 6.04 Å². The van der Waals surface area contributed by atoms with Gasteiger partial charge in [0.15, 0.2) is 0 Å². The van der Waals surface area contributed by atoms with Crippen molar-refractivity contribution in [2.45, 2.75) is 38.6 Å². The summed E-state index contributed by atoms with van der Waals surface area (Å²) in [7, 11) is -3.83. The van der Waals surface area contributed by atoms with Gasteiger partial charge in [0.2, 0.25) is 0 Å². The third-order valence-corrected chi connectivity index (χ3v) is 2.56. The highest BCUT2D eigenvalue weighted by atomic mass is 31.2. The fourth-order valence-electron chi connectivity index (χ4n) is 0.945. The predicted octanol–water partition coefficient (Wildman–Crippen LogP) is 1.07. The minimum absolute atomic E-state index is 0.0578. The van der Waals surface area contributed by atoms with Gasteiger partial charge in [-0.3, -0.25) is 4.57 Å². The average Bonchev–Trinajstić information content (AvgIpc) is 1.95. The van der Waals surface area contributed by atoms with Crippen molar-refractivity contribution in [3.8, 4) is 0 Å². The maximum atomic E-state index is 10.4. The van der Waals surface area contributed by atoms with Crippen molar-refractivity contribution < 1.29 is 14.4 Å². The van der Waals surface area contributed by atoms with Gasteiger partial charge < -0.3 is 15.5 Å². The molecule has 0 aromatic rings. The summed E-state index contributed by atoms with van der Waals surface area (Å²) < 4.78 is 10.4. The molecule has 1 atom stereocenters. The summed E-state index contributed by atoms with van der Waals surface area (Å²) in [4.78, 5) is 17.1. The molecule has 4 nitrogen and oxygen atoms in total. The first-order valence-electron chi connectivity index (χ1n) is 4.26. The molecule has 0 bridgehead atoms. The van der Waals surface area contributed by atoms with Gasteiger partial charge in [0.05, 0.1) is 6.16 Å². The SMILES string of the molecule is CCCCC(N)CCP(=O)(O)O. The second-order valence-corrected chi connectivity index (χ2v) is 4.86. The fraction of sp³-hybridized carbons (Fsp3) is 1.00. The molecule has 0 aromatic heterocycles. The van der Waals surface area contributed by atoms with Crippen molar-refractivity contribution >= 4 is 7.60 Å². The van der Waals surface area contributed by atoms with Crippen molar-refractivity contribution in [1.29, 1.82) is 0 Å². The van der Waals surface area contributed by atoms with Crippen LogP contribution in [0.15, 0.2) is 0 Å². The Kier molecular flexibility index (Phi) is 5.76. The third kappa shape index (κ3) is 8.21. The molecule has 74 valence electrons. The highest BCUT2D eigenvalue weighted by Gasteiger charge is 2.14. The molecule has 0 saturated carbocycles. The summed E-state index contributed by atoms with van der Waals surface area (Å²) in [5.41, 5.74) is 5.62. The number of nitrogens with two attached hydrogens (primary N) is 1. The molecule has 1 unspecified atom stereocenters. The van der Waals surface area contributed by atoms with E-state index in [0.29, 0.717) is 6.42 Å². The molecule has 12 heavy (non-hydrogen) atoms. The summed E-state index contributed by atoms with van der Waals surface area (Å²) in [6, 6.07) is -0.0578. The van der Waals surface area contributed by atoms with Crippen LogP contribution in [0.1, 0.15) is 32.6 Å². The minimum Gasteiger partial charge on any atom is -0.328 e. The fourth-order valence-corrected chi connectivity index (χ4v) is 1.61. The van der Waals surface area contributed by atoms with Gasteiger partial charge in [0.1, 0.15) is 0 Å². The smallest absolute Gasteiger partial charge is 0.325 e. The molecule has 0 aromatic carbocycles. The van der Waals surface area contributed by atoms with Crippen LogP contribution in [0.25, 0.3) is 0 Å². The monoisotopic (exact) mass is 195 g/mol. The topological polar surface area (TPSA) is 83.6 Å². The first-order valence-corrected chi connectivity index (χ1v) is 6.05. The number of hydrogen-bond donors (Lipinski definition) is 3. The normalized spacial score (nSPS) is 14.7. The quantitative estimate of drug-likeness (QED) is 0.553. The van der Waals surface area contributed by atoms with Gasteiger partial charge in [-0.1, -0.05) is 19.8 Å². The Balaban J connectivity index is 3.44. The first kappa shape index (κ1) is 12.1. The molecule has 0 heterocycles. The molecule has 0 amide bonds. The molecule has 0 saturated heterocycles. The maximum absolute atomic E-state index is 10.4. The van der Waals surface area contributed by atoms with Gasteiger partial charge in [-0.2, -0.15) is 0 Å². The Hall–Kier alpha value is 0.110. The van der Waals surface area contributed by atoms with E-state index in [1.807, 2.05) is 0 Å². The van der Waals surface area contributed by atoms with E-state index in [0.717, 1.165) is 19.3 Å². The third-order valence-electron chi connectivity index (χ3n) is 1.72. The summed E-state index contributed by atoms with van der Waals surface area (Å²) in [5.74, 6) is 0. The van der Waals surface area contributed by atoms with Gasteiger partial charge in [0.25, 0.3) is 0 Å². The second-order valence-electron chi connectivity index (χ2n) is 3.08. The van der Waals surface area contributed by atoms with E-state index in [1.54, 1.807) is 0 Å². The molecule has 0 aliphatic carbocycles. The zero-order valence-corrected chi connectivity index (χ0v) is 8.33. The molecular weight excluding hydrogens is 177 g/mol. The lowest BCUT2D eigenvalue weighted by Gasteiger charge is -2.10. The molecule has 0 rings (SSSR count). The van der Waals surface area contributed by atoms with Gasteiger partial charge in [-0.05, 0) is 12.8 Å². The lowest BCUT2D eigenvalue weighted by Crippen LogP contribution is -2.20. The summed E-state index contributed by atoms with van der Waals surface area (Å²) in [5, 5.41) is 0. The molecule has 0 radical (unpaired) electrons. The Labute approximate surface area is 73.3 Å². The zero-order valence-electron chi connectivity index (χ0n) is 7.44. The summed E-state index contributed by atoms with van der Waals surface area (Å²) in [6.45, 7) is 2.07. The van der Waals surface area contributed by atoms with E-state index >= 15 is 0 Å². The summed E-state index contributed by atoms with van der Waals surface area (Å²) in [6.07, 6.45) is 3.30.